The van der Waals surface area contributed by atoms with Crippen LogP contribution < -0.4 is 15.4 Å². The zero-order valence-electron chi connectivity index (χ0n) is 16.8. The Bertz CT molecular complexity index is 775. The number of benzene rings is 2. The summed E-state index contributed by atoms with van der Waals surface area (Å²) in [6.45, 7) is 3.32. The van der Waals surface area contributed by atoms with Crippen molar-refractivity contribution in [2.24, 2.45) is 4.99 Å². The van der Waals surface area contributed by atoms with Gasteiger partial charge in [-0.15, -0.1) is 0 Å². The van der Waals surface area contributed by atoms with E-state index >= 15 is 0 Å². The van der Waals surface area contributed by atoms with Gasteiger partial charge in [-0.1, -0.05) is 24.3 Å². The fraction of sp³-hybridized carbons (Fsp3) is 0.381. The molecule has 0 aliphatic carbocycles. The Balaban J connectivity index is 2.04. The van der Waals surface area contributed by atoms with Gasteiger partial charge in [0.2, 0.25) is 0 Å². The van der Waals surface area contributed by atoms with Crippen molar-refractivity contribution < 1.29 is 13.5 Å². The number of halogens is 2. The van der Waals surface area contributed by atoms with E-state index in [0.29, 0.717) is 19.1 Å². The number of aliphatic imine (C=N–C) groups is 1. The number of hydrogen-bond acceptors (Lipinski definition) is 3. The van der Waals surface area contributed by atoms with E-state index in [9.17, 15) is 8.78 Å². The van der Waals surface area contributed by atoms with Crippen molar-refractivity contribution in [3.8, 4) is 5.75 Å². The molecule has 1 unspecified atom stereocenters. The summed E-state index contributed by atoms with van der Waals surface area (Å²) >= 11 is 0. The van der Waals surface area contributed by atoms with E-state index in [1.165, 1.54) is 18.2 Å². The van der Waals surface area contributed by atoms with Crippen molar-refractivity contribution in [3.63, 3.8) is 0 Å². The molecule has 0 aliphatic rings. The van der Waals surface area contributed by atoms with Crippen LogP contribution in [0.2, 0.25) is 0 Å². The minimum absolute atomic E-state index is 0.0390. The zero-order valence-corrected chi connectivity index (χ0v) is 16.8. The van der Waals surface area contributed by atoms with Gasteiger partial charge in [-0.2, -0.15) is 0 Å². The molecule has 0 aromatic heterocycles. The molecule has 2 N–H and O–H groups in total. The fourth-order valence-corrected chi connectivity index (χ4v) is 2.91. The van der Waals surface area contributed by atoms with Crippen molar-refractivity contribution in [3.05, 3.63) is 65.2 Å². The lowest BCUT2D eigenvalue weighted by atomic mass is 10.0. The second-order valence-corrected chi connectivity index (χ2v) is 6.46. The first-order valence-corrected chi connectivity index (χ1v) is 9.23. The van der Waals surface area contributed by atoms with E-state index in [4.69, 9.17) is 4.74 Å². The molecule has 5 nitrogen and oxygen atoms in total. The highest BCUT2D eigenvalue weighted by atomic mass is 19.1. The highest BCUT2D eigenvalue weighted by Gasteiger charge is 2.22. The van der Waals surface area contributed by atoms with Gasteiger partial charge in [0.15, 0.2) is 5.96 Å². The molecular formula is C21H28F2N4O. The van der Waals surface area contributed by atoms with Gasteiger partial charge in [-0.05, 0) is 39.2 Å². The van der Waals surface area contributed by atoms with Crippen LogP contribution in [0.5, 0.6) is 5.75 Å². The molecule has 0 aliphatic heterocycles. The molecule has 0 bridgehead atoms. The van der Waals surface area contributed by atoms with Crippen LogP contribution in [-0.4, -0.2) is 45.2 Å². The van der Waals surface area contributed by atoms with Gasteiger partial charge < -0.3 is 20.3 Å². The molecule has 1 atom stereocenters. The fourth-order valence-electron chi connectivity index (χ4n) is 2.91. The smallest absolute Gasteiger partial charge is 0.191 e. The molecule has 0 saturated carbocycles. The van der Waals surface area contributed by atoms with Crippen LogP contribution in [-0.2, 0) is 6.54 Å². The van der Waals surface area contributed by atoms with Crippen LogP contribution >= 0.6 is 0 Å². The standard InChI is InChI=1S/C21H28F2N4O/c1-5-28-19-12-7-6-9-15(19)13-25-21(24-2)26-14-18(27(3)4)20-16(22)10-8-11-17(20)23/h6-12,18H,5,13-14H2,1-4H3,(H2,24,25,26). The lowest BCUT2D eigenvalue weighted by Gasteiger charge is -2.26. The van der Waals surface area contributed by atoms with Gasteiger partial charge in [0, 0.05) is 31.3 Å². The minimum atomic E-state index is -0.561. The maximum absolute atomic E-state index is 14.2. The third-order valence-corrected chi connectivity index (χ3v) is 4.36. The molecule has 0 spiro atoms. The number of nitrogens with one attached hydrogen (secondary N) is 2. The molecule has 152 valence electrons. The zero-order chi connectivity index (χ0) is 20.5. The van der Waals surface area contributed by atoms with Crippen molar-refractivity contribution in [2.45, 2.75) is 19.5 Å². The Morgan fingerprint density at radius 3 is 2.36 bits per heavy atom. The highest BCUT2D eigenvalue weighted by Crippen LogP contribution is 2.24. The summed E-state index contributed by atoms with van der Waals surface area (Å²) in [5, 5.41) is 6.36. The van der Waals surface area contributed by atoms with E-state index in [0.717, 1.165) is 11.3 Å². The van der Waals surface area contributed by atoms with Crippen LogP contribution in [0.15, 0.2) is 47.5 Å². The van der Waals surface area contributed by atoms with Crippen LogP contribution in [0.3, 0.4) is 0 Å². The average Bonchev–Trinajstić information content (AvgIpc) is 2.67. The Kier molecular flexibility index (Phi) is 8.19. The SMILES string of the molecule is CCOc1ccccc1CNC(=NC)NCC(c1c(F)cccc1F)N(C)C. The lowest BCUT2D eigenvalue weighted by molar-refractivity contribution is 0.282. The Labute approximate surface area is 165 Å². The van der Waals surface area contributed by atoms with Crippen molar-refractivity contribution in [1.29, 1.82) is 0 Å². The van der Waals surface area contributed by atoms with Crippen molar-refractivity contribution in [2.75, 3.05) is 34.3 Å². The number of ether oxygens (including phenoxy) is 1. The first kappa shape index (κ1) is 21.6. The second kappa shape index (κ2) is 10.6. The molecule has 0 fully saturated rings. The molecule has 2 aromatic rings. The third-order valence-electron chi connectivity index (χ3n) is 4.36. The first-order chi connectivity index (χ1) is 13.5. The third kappa shape index (κ3) is 5.66. The Morgan fingerprint density at radius 2 is 1.75 bits per heavy atom. The molecule has 0 amide bonds. The van der Waals surface area contributed by atoms with Crippen LogP contribution in [0.25, 0.3) is 0 Å². The minimum Gasteiger partial charge on any atom is -0.494 e. The summed E-state index contributed by atoms with van der Waals surface area (Å²) in [5.41, 5.74) is 1.04. The van der Waals surface area contributed by atoms with Gasteiger partial charge in [-0.3, -0.25) is 4.99 Å². The normalized spacial score (nSPS) is 12.8. The molecule has 2 rings (SSSR count). The lowest BCUT2D eigenvalue weighted by Crippen LogP contribution is -2.41. The van der Waals surface area contributed by atoms with E-state index in [2.05, 4.69) is 15.6 Å². The van der Waals surface area contributed by atoms with E-state index < -0.39 is 17.7 Å². The topological polar surface area (TPSA) is 48.9 Å². The Morgan fingerprint density at radius 1 is 1.07 bits per heavy atom. The molecule has 0 radical (unpaired) electrons. The van der Waals surface area contributed by atoms with Gasteiger partial charge >= 0.3 is 0 Å². The van der Waals surface area contributed by atoms with Gasteiger partial charge in [0.25, 0.3) is 0 Å². The van der Waals surface area contributed by atoms with Gasteiger partial charge in [0.1, 0.15) is 17.4 Å². The number of rotatable bonds is 8. The number of guanidine groups is 1. The highest BCUT2D eigenvalue weighted by molar-refractivity contribution is 5.79. The maximum Gasteiger partial charge on any atom is 0.191 e. The monoisotopic (exact) mass is 390 g/mol. The van der Waals surface area contributed by atoms with Crippen LogP contribution in [0.4, 0.5) is 8.78 Å². The van der Waals surface area contributed by atoms with Crippen LogP contribution in [0.1, 0.15) is 24.1 Å². The average molecular weight is 390 g/mol. The summed E-state index contributed by atoms with van der Waals surface area (Å²) < 4.78 is 34.0. The molecule has 0 saturated heterocycles. The van der Waals surface area contributed by atoms with Crippen LogP contribution in [0, 0.1) is 11.6 Å². The molecule has 0 heterocycles. The van der Waals surface area contributed by atoms with Gasteiger partial charge in [0.05, 0.1) is 12.6 Å². The van der Waals surface area contributed by atoms with E-state index in [1.54, 1.807) is 26.0 Å². The summed E-state index contributed by atoms with van der Waals surface area (Å²) in [5.74, 6) is 0.227. The predicted octanol–water partition coefficient (Wildman–Crippen LogP) is 3.33. The van der Waals surface area contributed by atoms with Crippen molar-refractivity contribution in [1.82, 2.24) is 15.5 Å². The summed E-state index contributed by atoms with van der Waals surface area (Å²) in [4.78, 5) is 5.97. The molecule has 7 heteroatoms. The first-order valence-electron chi connectivity index (χ1n) is 9.23. The Hall–Kier alpha value is -2.67. The maximum atomic E-state index is 14.2. The predicted molar refractivity (Wildman–Crippen MR) is 109 cm³/mol. The van der Waals surface area contributed by atoms with Crippen molar-refractivity contribution >= 4 is 5.96 Å². The quantitative estimate of drug-likeness (QED) is 0.536. The number of nitrogens with zero attached hydrogens (tertiary/aromatic N) is 2. The molecule has 2 aromatic carbocycles. The summed E-state index contributed by atoms with van der Waals surface area (Å²) in [6.07, 6.45) is 0. The van der Waals surface area contributed by atoms with E-state index in [1.807, 2.05) is 31.2 Å². The summed E-state index contributed by atoms with van der Waals surface area (Å²) in [7, 11) is 5.22. The number of hydrogen-bond donors (Lipinski definition) is 2. The number of likely N-dealkylation sites (N-methyl/N-ethyl adjacent to an activating group) is 1. The van der Waals surface area contributed by atoms with Gasteiger partial charge in [-0.25, -0.2) is 8.78 Å². The molecule has 28 heavy (non-hydrogen) atoms. The van der Waals surface area contributed by atoms with E-state index in [-0.39, 0.29) is 12.1 Å². The largest absolute Gasteiger partial charge is 0.494 e. The molecular weight excluding hydrogens is 362 g/mol. The number of para-hydroxylation sites is 1. The summed E-state index contributed by atoms with van der Waals surface area (Å²) in [6, 6.07) is 11.2. The second-order valence-electron chi connectivity index (χ2n) is 6.46.